The molecule has 1 amide bonds. The quantitative estimate of drug-likeness (QED) is 0.813. The molecule has 0 radical (unpaired) electrons. The van der Waals surface area contributed by atoms with Gasteiger partial charge in [0.25, 0.3) is 0 Å². The van der Waals surface area contributed by atoms with E-state index in [9.17, 15) is 4.79 Å². The second-order valence-electron chi connectivity index (χ2n) is 4.62. The Kier molecular flexibility index (Phi) is 4.76. The molecule has 92 valence electrons. The molecule has 3 heteroatoms. The number of amides is 1. The van der Waals surface area contributed by atoms with Crippen molar-refractivity contribution in [3.8, 4) is 0 Å². The summed E-state index contributed by atoms with van der Waals surface area (Å²) in [4.78, 5) is 11.6. The van der Waals surface area contributed by atoms with Crippen LogP contribution in [-0.2, 0) is 4.79 Å². The van der Waals surface area contributed by atoms with Gasteiger partial charge in [-0.3, -0.25) is 4.79 Å². The number of benzene rings is 1. The number of nitrogens with one attached hydrogen (secondary N) is 1. The molecule has 17 heavy (non-hydrogen) atoms. The number of hydrogen-bond donors (Lipinski definition) is 1. The van der Waals surface area contributed by atoms with Crippen molar-refractivity contribution in [2.45, 2.75) is 32.7 Å². The van der Waals surface area contributed by atoms with Crippen LogP contribution in [0.4, 0.5) is 0 Å². The first-order chi connectivity index (χ1) is 7.93. The van der Waals surface area contributed by atoms with Crippen LogP contribution in [0.2, 0.25) is 5.02 Å². The number of carbonyl (C=O) groups excluding carboxylic acids is 1. The Labute approximate surface area is 108 Å². The Balaban J connectivity index is 2.63. The Morgan fingerprint density at radius 2 is 2.18 bits per heavy atom. The predicted octanol–water partition coefficient (Wildman–Crippen LogP) is 3.66. The summed E-state index contributed by atoms with van der Waals surface area (Å²) >= 11 is 5.85. The fraction of sp³-hybridized carbons (Fsp3) is 0.357. The zero-order valence-electron chi connectivity index (χ0n) is 10.5. The standard InChI is InChI=1S/C14H18ClNO/c1-4-14(2,3)16-13(17)9-8-11-6-5-7-12(15)10-11/h5-10H,4H2,1-3H3,(H,16,17)/b9-8+. The van der Waals surface area contributed by atoms with Crippen LogP contribution in [0, 0.1) is 0 Å². The Bertz CT molecular complexity index is 424. The van der Waals surface area contributed by atoms with Crippen molar-refractivity contribution in [3.05, 3.63) is 40.9 Å². The molecular weight excluding hydrogens is 234 g/mol. The van der Waals surface area contributed by atoms with E-state index in [1.807, 2.05) is 39.0 Å². The molecule has 0 unspecified atom stereocenters. The highest BCUT2D eigenvalue weighted by molar-refractivity contribution is 6.30. The first kappa shape index (κ1) is 13.8. The van der Waals surface area contributed by atoms with Crippen LogP contribution in [0.1, 0.15) is 32.8 Å². The summed E-state index contributed by atoms with van der Waals surface area (Å²) in [6.45, 7) is 6.04. The van der Waals surface area contributed by atoms with Crippen LogP contribution < -0.4 is 5.32 Å². The smallest absolute Gasteiger partial charge is 0.244 e. The van der Waals surface area contributed by atoms with Crippen molar-refractivity contribution in [1.82, 2.24) is 5.32 Å². The highest BCUT2D eigenvalue weighted by Gasteiger charge is 2.15. The molecule has 0 aliphatic heterocycles. The van der Waals surface area contributed by atoms with E-state index in [-0.39, 0.29) is 11.4 Å². The molecule has 0 atom stereocenters. The van der Waals surface area contributed by atoms with Crippen LogP contribution in [-0.4, -0.2) is 11.4 Å². The summed E-state index contributed by atoms with van der Waals surface area (Å²) in [7, 11) is 0. The summed E-state index contributed by atoms with van der Waals surface area (Å²) in [5.74, 6) is -0.0863. The lowest BCUT2D eigenvalue weighted by atomic mass is 10.0. The highest BCUT2D eigenvalue weighted by atomic mass is 35.5. The lowest BCUT2D eigenvalue weighted by Gasteiger charge is -2.23. The molecule has 0 spiro atoms. The maximum Gasteiger partial charge on any atom is 0.244 e. The zero-order valence-corrected chi connectivity index (χ0v) is 11.2. The van der Waals surface area contributed by atoms with Crippen molar-refractivity contribution in [2.75, 3.05) is 0 Å². The van der Waals surface area contributed by atoms with Crippen LogP contribution in [0.25, 0.3) is 6.08 Å². The number of hydrogen-bond acceptors (Lipinski definition) is 1. The third kappa shape index (κ3) is 5.05. The summed E-state index contributed by atoms with van der Waals surface area (Å²) in [5, 5.41) is 3.60. The molecule has 1 aromatic carbocycles. The average molecular weight is 252 g/mol. The van der Waals surface area contributed by atoms with Gasteiger partial charge in [-0.25, -0.2) is 0 Å². The molecule has 0 saturated heterocycles. The fourth-order valence-corrected chi connectivity index (χ4v) is 1.44. The molecule has 0 aliphatic rings. The lowest BCUT2D eigenvalue weighted by molar-refractivity contribution is -0.117. The zero-order chi connectivity index (χ0) is 12.9. The SMILES string of the molecule is CCC(C)(C)NC(=O)/C=C/c1cccc(Cl)c1. The van der Waals surface area contributed by atoms with E-state index in [1.54, 1.807) is 12.1 Å². The van der Waals surface area contributed by atoms with Crippen molar-refractivity contribution in [2.24, 2.45) is 0 Å². The van der Waals surface area contributed by atoms with Crippen molar-refractivity contribution >= 4 is 23.6 Å². The van der Waals surface area contributed by atoms with Gasteiger partial charge in [0.2, 0.25) is 5.91 Å². The largest absolute Gasteiger partial charge is 0.348 e. The topological polar surface area (TPSA) is 29.1 Å². The Morgan fingerprint density at radius 1 is 1.47 bits per heavy atom. The van der Waals surface area contributed by atoms with Crippen molar-refractivity contribution in [1.29, 1.82) is 0 Å². The van der Waals surface area contributed by atoms with Gasteiger partial charge in [-0.2, -0.15) is 0 Å². The van der Waals surface area contributed by atoms with Gasteiger partial charge in [0, 0.05) is 16.6 Å². The molecule has 0 fully saturated rings. The second-order valence-corrected chi connectivity index (χ2v) is 5.05. The molecule has 0 saturated carbocycles. The third-order valence-corrected chi connectivity index (χ3v) is 2.86. The van der Waals surface area contributed by atoms with Crippen LogP contribution in [0.5, 0.6) is 0 Å². The summed E-state index contributed by atoms with van der Waals surface area (Å²) in [6, 6.07) is 7.38. The maximum absolute atomic E-state index is 11.6. The lowest BCUT2D eigenvalue weighted by Crippen LogP contribution is -2.41. The van der Waals surface area contributed by atoms with Crippen LogP contribution in [0.15, 0.2) is 30.3 Å². The maximum atomic E-state index is 11.6. The van der Waals surface area contributed by atoms with Crippen molar-refractivity contribution in [3.63, 3.8) is 0 Å². The molecular formula is C14H18ClNO. The van der Waals surface area contributed by atoms with Crippen molar-refractivity contribution < 1.29 is 4.79 Å². The van der Waals surface area contributed by atoms with E-state index in [2.05, 4.69) is 5.32 Å². The predicted molar refractivity (Wildman–Crippen MR) is 73.0 cm³/mol. The molecule has 0 heterocycles. The van der Waals surface area contributed by atoms with E-state index < -0.39 is 0 Å². The van der Waals surface area contributed by atoms with Gasteiger partial charge in [0.15, 0.2) is 0 Å². The molecule has 2 nitrogen and oxygen atoms in total. The molecule has 0 aromatic heterocycles. The van der Waals surface area contributed by atoms with Gasteiger partial charge in [-0.1, -0.05) is 30.7 Å². The Hall–Kier alpha value is -1.28. The minimum absolute atomic E-state index is 0.0863. The number of carbonyl (C=O) groups is 1. The molecule has 0 bridgehead atoms. The Morgan fingerprint density at radius 3 is 2.76 bits per heavy atom. The van der Waals surface area contributed by atoms with E-state index >= 15 is 0 Å². The minimum atomic E-state index is -0.171. The second kappa shape index (κ2) is 5.87. The van der Waals surface area contributed by atoms with Gasteiger partial charge >= 0.3 is 0 Å². The van der Waals surface area contributed by atoms with Gasteiger partial charge in [0.05, 0.1) is 0 Å². The van der Waals surface area contributed by atoms with E-state index in [1.165, 1.54) is 6.08 Å². The summed E-state index contributed by atoms with van der Waals surface area (Å²) in [6.07, 6.45) is 4.18. The molecule has 1 rings (SSSR count). The van der Waals surface area contributed by atoms with Gasteiger partial charge < -0.3 is 5.32 Å². The van der Waals surface area contributed by atoms with E-state index in [4.69, 9.17) is 11.6 Å². The van der Waals surface area contributed by atoms with E-state index in [0.717, 1.165) is 12.0 Å². The normalized spacial score (nSPS) is 11.8. The molecule has 1 N–H and O–H groups in total. The van der Waals surface area contributed by atoms with E-state index in [0.29, 0.717) is 5.02 Å². The average Bonchev–Trinajstić information content (AvgIpc) is 2.26. The van der Waals surface area contributed by atoms with Gasteiger partial charge in [0.1, 0.15) is 0 Å². The monoisotopic (exact) mass is 251 g/mol. The molecule has 0 aliphatic carbocycles. The summed E-state index contributed by atoms with van der Waals surface area (Å²) in [5.41, 5.74) is 0.748. The number of halogens is 1. The fourth-order valence-electron chi connectivity index (χ4n) is 1.25. The first-order valence-corrected chi connectivity index (χ1v) is 6.06. The minimum Gasteiger partial charge on any atom is -0.348 e. The van der Waals surface area contributed by atoms with Gasteiger partial charge in [-0.15, -0.1) is 0 Å². The molecule has 1 aromatic rings. The summed E-state index contributed by atoms with van der Waals surface area (Å²) < 4.78 is 0. The highest BCUT2D eigenvalue weighted by Crippen LogP contribution is 2.12. The third-order valence-electron chi connectivity index (χ3n) is 2.62. The van der Waals surface area contributed by atoms with Crippen LogP contribution >= 0.6 is 11.6 Å². The first-order valence-electron chi connectivity index (χ1n) is 5.69. The van der Waals surface area contributed by atoms with Crippen LogP contribution in [0.3, 0.4) is 0 Å². The van der Waals surface area contributed by atoms with Gasteiger partial charge in [-0.05, 0) is 44.0 Å². The number of rotatable bonds is 4.